The smallest absolute Gasteiger partial charge is 0.331 e. The maximum Gasteiger partial charge on any atom is 0.331 e. The van der Waals surface area contributed by atoms with Gasteiger partial charge in [0, 0.05) is 11.6 Å². The quantitative estimate of drug-likeness (QED) is 0.300. The van der Waals surface area contributed by atoms with Gasteiger partial charge in [0.2, 0.25) is 5.89 Å². The Morgan fingerprint density at radius 2 is 1.81 bits per heavy atom. The van der Waals surface area contributed by atoms with Crippen molar-refractivity contribution in [2.45, 2.75) is 26.4 Å². The number of rotatable bonds is 5. The van der Waals surface area contributed by atoms with Crippen LogP contribution >= 0.6 is 0 Å². The van der Waals surface area contributed by atoms with Crippen LogP contribution in [0.15, 0.2) is 65.2 Å². The zero-order valence-corrected chi connectivity index (χ0v) is 17.7. The molecule has 0 unspecified atom stereocenters. The standard InChI is InChI=1S/C24H20FN3O4/c1-24(2,3)32-20(29)13-10-15-8-11-16(12-9-15)21-27-18-14-26-23(28-22(18)31-21)30-19-7-5-4-6-17(19)25/h4-14H,1-3H3/b13-10+. The van der Waals surface area contributed by atoms with Crippen LogP contribution in [-0.2, 0) is 9.53 Å². The number of oxazole rings is 1. The third kappa shape index (κ3) is 5.15. The highest BCUT2D eigenvalue weighted by molar-refractivity contribution is 5.87. The summed E-state index contributed by atoms with van der Waals surface area (Å²) in [6.45, 7) is 5.44. The number of halogens is 1. The van der Waals surface area contributed by atoms with Crippen LogP contribution in [0.2, 0.25) is 0 Å². The molecule has 4 rings (SSSR count). The molecule has 0 atom stereocenters. The topological polar surface area (TPSA) is 87.3 Å². The van der Waals surface area contributed by atoms with Crippen LogP contribution in [0.1, 0.15) is 26.3 Å². The summed E-state index contributed by atoms with van der Waals surface area (Å²) < 4.78 is 30.1. The van der Waals surface area contributed by atoms with E-state index in [2.05, 4.69) is 15.0 Å². The van der Waals surface area contributed by atoms with Gasteiger partial charge in [0.25, 0.3) is 5.71 Å². The maximum absolute atomic E-state index is 13.8. The SMILES string of the molecule is CC(C)(C)OC(=O)/C=C/c1ccc(-c2nc3cnc(Oc4ccccc4F)nc3o2)cc1. The molecule has 0 aliphatic carbocycles. The Labute approximate surface area is 183 Å². The van der Waals surface area contributed by atoms with E-state index in [4.69, 9.17) is 13.9 Å². The van der Waals surface area contributed by atoms with Crippen molar-refractivity contribution in [1.82, 2.24) is 15.0 Å². The first-order valence-corrected chi connectivity index (χ1v) is 9.84. The summed E-state index contributed by atoms with van der Waals surface area (Å²) in [5.74, 6) is -0.565. The largest absolute Gasteiger partial charge is 0.457 e. The molecule has 8 heteroatoms. The first kappa shape index (κ1) is 21.2. The first-order chi connectivity index (χ1) is 15.3. The fraction of sp³-hybridized carbons (Fsp3) is 0.167. The van der Waals surface area contributed by atoms with Gasteiger partial charge in [0.15, 0.2) is 11.6 Å². The maximum atomic E-state index is 13.8. The number of aromatic nitrogens is 3. The molecule has 0 spiro atoms. The summed E-state index contributed by atoms with van der Waals surface area (Å²) >= 11 is 0. The zero-order valence-electron chi connectivity index (χ0n) is 17.7. The van der Waals surface area contributed by atoms with E-state index in [9.17, 15) is 9.18 Å². The Morgan fingerprint density at radius 3 is 2.53 bits per heavy atom. The summed E-state index contributed by atoms with van der Waals surface area (Å²) in [4.78, 5) is 24.4. The summed E-state index contributed by atoms with van der Waals surface area (Å²) in [5, 5.41) is 0. The number of carbonyl (C=O) groups is 1. The van der Waals surface area contributed by atoms with Gasteiger partial charge in [-0.2, -0.15) is 4.98 Å². The van der Waals surface area contributed by atoms with E-state index in [-0.39, 0.29) is 17.5 Å². The molecule has 2 heterocycles. The van der Waals surface area contributed by atoms with Crippen molar-refractivity contribution in [3.05, 3.63) is 72.2 Å². The Hall–Kier alpha value is -4.07. The molecule has 2 aromatic heterocycles. The lowest BCUT2D eigenvalue weighted by atomic mass is 10.1. The zero-order chi connectivity index (χ0) is 22.7. The molecule has 0 aliphatic rings. The molecule has 0 saturated carbocycles. The lowest BCUT2D eigenvalue weighted by molar-refractivity contribution is -0.148. The van der Waals surface area contributed by atoms with Gasteiger partial charge in [-0.05, 0) is 56.7 Å². The number of para-hydroxylation sites is 1. The van der Waals surface area contributed by atoms with E-state index in [1.807, 2.05) is 45.0 Å². The van der Waals surface area contributed by atoms with Crippen LogP contribution in [0.25, 0.3) is 28.8 Å². The normalized spacial score (nSPS) is 11.8. The molecule has 0 amide bonds. The van der Waals surface area contributed by atoms with Crippen LogP contribution in [0.3, 0.4) is 0 Å². The summed E-state index contributed by atoms with van der Waals surface area (Å²) in [5.41, 5.74) is 1.65. The van der Waals surface area contributed by atoms with E-state index in [0.29, 0.717) is 17.0 Å². The highest BCUT2D eigenvalue weighted by Gasteiger charge is 2.15. The van der Waals surface area contributed by atoms with Crippen molar-refractivity contribution in [1.29, 1.82) is 0 Å². The molecular formula is C24H20FN3O4. The van der Waals surface area contributed by atoms with Crippen LogP contribution in [0, 0.1) is 5.82 Å². The number of hydrogen-bond donors (Lipinski definition) is 0. The lowest BCUT2D eigenvalue weighted by Crippen LogP contribution is -2.22. The summed E-state index contributed by atoms with van der Waals surface area (Å²) in [6, 6.07) is 13.2. The second kappa shape index (κ2) is 8.58. The van der Waals surface area contributed by atoms with Crippen molar-refractivity contribution in [2.24, 2.45) is 0 Å². The Bertz CT molecular complexity index is 1290. The monoisotopic (exact) mass is 433 g/mol. The van der Waals surface area contributed by atoms with Crippen LogP contribution < -0.4 is 4.74 Å². The third-order valence-electron chi connectivity index (χ3n) is 4.14. The van der Waals surface area contributed by atoms with Gasteiger partial charge in [-0.25, -0.2) is 19.2 Å². The second-order valence-electron chi connectivity index (χ2n) is 7.88. The molecule has 7 nitrogen and oxygen atoms in total. The molecule has 2 aromatic carbocycles. The molecule has 0 bridgehead atoms. The fourth-order valence-corrected chi connectivity index (χ4v) is 2.76. The number of hydrogen-bond acceptors (Lipinski definition) is 7. The third-order valence-corrected chi connectivity index (χ3v) is 4.14. The molecular weight excluding hydrogens is 413 g/mol. The minimum Gasteiger partial charge on any atom is -0.457 e. The minimum absolute atomic E-state index is 0.0154. The Morgan fingerprint density at radius 1 is 1.06 bits per heavy atom. The number of fused-ring (bicyclic) bond motifs is 1. The van der Waals surface area contributed by atoms with Gasteiger partial charge in [0.05, 0.1) is 6.20 Å². The molecule has 0 aliphatic heterocycles. The van der Waals surface area contributed by atoms with E-state index in [1.54, 1.807) is 18.2 Å². The van der Waals surface area contributed by atoms with Crippen molar-refractivity contribution >= 4 is 23.3 Å². The number of carbonyl (C=O) groups excluding carboxylic acids is 1. The van der Waals surface area contributed by atoms with Crippen molar-refractivity contribution in [2.75, 3.05) is 0 Å². The van der Waals surface area contributed by atoms with Gasteiger partial charge in [-0.1, -0.05) is 24.3 Å². The molecule has 0 radical (unpaired) electrons. The van der Waals surface area contributed by atoms with E-state index >= 15 is 0 Å². The average Bonchev–Trinajstić information content (AvgIpc) is 3.16. The van der Waals surface area contributed by atoms with Gasteiger partial charge >= 0.3 is 12.0 Å². The Kier molecular flexibility index (Phi) is 5.68. The van der Waals surface area contributed by atoms with Crippen LogP contribution in [-0.4, -0.2) is 26.5 Å². The van der Waals surface area contributed by atoms with E-state index in [0.717, 1.165) is 5.56 Å². The molecule has 0 N–H and O–H groups in total. The summed E-state index contributed by atoms with van der Waals surface area (Å²) in [7, 11) is 0. The van der Waals surface area contributed by atoms with Crippen LogP contribution in [0.5, 0.6) is 11.8 Å². The average molecular weight is 433 g/mol. The first-order valence-electron chi connectivity index (χ1n) is 9.84. The fourth-order valence-electron chi connectivity index (χ4n) is 2.76. The van der Waals surface area contributed by atoms with Gasteiger partial charge < -0.3 is 13.9 Å². The van der Waals surface area contributed by atoms with E-state index < -0.39 is 17.4 Å². The van der Waals surface area contributed by atoms with Crippen LogP contribution in [0.4, 0.5) is 4.39 Å². The van der Waals surface area contributed by atoms with Crippen molar-refractivity contribution in [3.8, 4) is 23.2 Å². The lowest BCUT2D eigenvalue weighted by Gasteiger charge is -2.17. The molecule has 32 heavy (non-hydrogen) atoms. The summed E-state index contributed by atoms with van der Waals surface area (Å²) in [6.07, 6.45) is 4.50. The van der Waals surface area contributed by atoms with Gasteiger partial charge in [0.1, 0.15) is 11.1 Å². The van der Waals surface area contributed by atoms with E-state index in [1.165, 1.54) is 24.4 Å². The minimum atomic E-state index is -0.540. The predicted molar refractivity (Wildman–Crippen MR) is 116 cm³/mol. The number of ether oxygens (including phenoxy) is 2. The van der Waals surface area contributed by atoms with Gasteiger partial charge in [-0.3, -0.25) is 0 Å². The highest BCUT2D eigenvalue weighted by Crippen LogP contribution is 2.26. The molecule has 0 fully saturated rings. The van der Waals surface area contributed by atoms with Crippen molar-refractivity contribution in [3.63, 3.8) is 0 Å². The van der Waals surface area contributed by atoms with Gasteiger partial charge in [-0.15, -0.1) is 0 Å². The highest BCUT2D eigenvalue weighted by atomic mass is 19.1. The molecule has 4 aromatic rings. The van der Waals surface area contributed by atoms with Crippen molar-refractivity contribution < 1.29 is 23.1 Å². The number of benzene rings is 2. The second-order valence-corrected chi connectivity index (χ2v) is 7.88. The molecule has 162 valence electrons. The Balaban J connectivity index is 1.50. The number of nitrogens with zero attached hydrogens (tertiary/aromatic N) is 3. The molecule has 0 saturated heterocycles. The predicted octanol–water partition coefficient (Wildman–Crippen LogP) is 5.57. The number of esters is 1.